The van der Waals surface area contributed by atoms with Gasteiger partial charge in [0.05, 0.1) is 37.2 Å². The normalized spacial score (nSPS) is 10.6. The van der Waals surface area contributed by atoms with Crippen molar-refractivity contribution in [3.05, 3.63) is 23.8 Å². The average molecular weight is 274 g/mol. The summed E-state index contributed by atoms with van der Waals surface area (Å²) in [5.74, 6) is -0.667. The lowest BCUT2D eigenvalue weighted by atomic mass is 10.1. The monoisotopic (exact) mass is 274 g/mol. The number of benzene rings is 1. The number of para-hydroxylation sites is 1. The van der Waals surface area contributed by atoms with Gasteiger partial charge in [0, 0.05) is 6.54 Å². The highest BCUT2D eigenvalue weighted by Gasteiger charge is 2.21. The predicted octanol–water partition coefficient (Wildman–Crippen LogP) is 1.12. The molecule has 0 unspecified atom stereocenters. The first kappa shape index (κ1) is 15.2. The molecule has 0 spiro atoms. The number of esters is 1. The van der Waals surface area contributed by atoms with Crippen LogP contribution in [0.2, 0.25) is 0 Å². The van der Waals surface area contributed by atoms with Crippen molar-refractivity contribution in [2.24, 2.45) is 0 Å². The Morgan fingerprint density at radius 2 is 2.21 bits per heavy atom. The van der Waals surface area contributed by atoms with Crippen molar-refractivity contribution in [1.82, 2.24) is 0 Å². The van der Waals surface area contributed by atoms with Crippen LogP contribution in [0.4, 0.5) is 20.2 Å². The predicted molar refractivity (Wildman–Crippen MR) is 67.5 cm³/mol. The molecule has 0 atom stereocenters. The number of nitrogen functional groups attached to an aromatic ring is 1. The number of nitrogens with zero attached hydrogens (tertiary/aromatic N) is 1. The Balaban J connectivity index is 3.23. The Morgan fingerprint density at radius 3 is 2.74 bits per heavy atom. The van der Waals surface area contributed by atoms with Crippen LogP contribution in [0, 0.1) is 0 Å². The second kappa shape index (κ2) is 6.89. The Kier molecular flexibility index (Phi) is 5.50. The average Bonchev–Trinajstić information content (AvgIpc) is 2.36. The number of aliphatic hydroxyl groups excluding tert-OH is 1. The number of halogens is 2. The first-order valence-electron chi connectivity index (χ1n) is 5.62. The molecule has 1 aromatic carbocycles. The van der Waals surface area contributed by atoms with Crippen molar-refractivity contribution < 1.29 is 23.4 Å². The van der Waals surface area contributed by atoms with Gasteiger partial charge in [-0.1, -0.05) is 6.07 Å². The third-order valence-corrected chi connectivity index (χ3v) is 2.52. The number of anilines is 2. The second-order valence-electron chi connectivity index (χ2n) is 3.80. The van der Waals surface area contributed by atoms with Crippen LogP contribution >= 0.6 is 0 Å². The summed E-state index contributed by atoms with van der Waals surface area (Å²) in [5.41, 5.74) is 6.17. The number of nitrogens with two attached hydrogens (primary N) is 1. The minimum Gasteiger partial charge on any atom is -0.465 e. The molecule has 0 saturated carbocycles. The number of methoxy groups -OCH3 is 1. The molecule has 0 aliphatic heterocycles. The largest absolute Gasteiger partial charge is 0.465 e. The topological polar surface area (TPSA) is 75.8 Å². The van der Waals surface area contributed by atoms with Crippen LogP contribution in [0.1, 0.15) is 10.4 Å². The fourth-order valence-electron chi connectivity index (χ4n) is 1.77. The fraction of sp³-hybridized carbons (Fsp3) is 0.417. The molecule has 7 heteroatoms. The zero-order valence-electron chi connectivity index (χ0n) is 10.5. The van der Waals surface area contributed by atoms with E-state index < -0.39 is 18.9 Å². The van der Waals surface area contributed by atoms with Gasteiger partial charge in [0.15, 0.2) is 0 Å². The molecule has 106 valence electrons. The summed E-state index contributed by atoms with van der Waals surface area (Å²) in [6.45, 7) is -1.01. The van der Waals surface area contributed by atoms with Crippen LogP contribution in [0.3, 0.4) is 0 Å². The summed E-state index contributed by atoms with van der Waals surface area (Å²) in [4.78, 5) is 12.8. The van der Waals surface area contributed by atoms with E-state index in [-0.39, 0.29) is 30.1 Å². The second-order valence-corrected chi connectivity index (χ2v) is 3.80. The maximum Gasteiger partial charge on any atom is 0.340 e. The number of aliphatic hydroxyl groups is 1. The first-order valence-corrected chi connectivity index (χ1v) is 5.62. The van der Waals surface area contributed by atoms with Gasteiger partial charge in [-0.15, -0.1) is 0 Å². The maximum atomic E-state index is 12.6. The standard InChI is InChI=1S/C12H16F2N2O3/c1-19-12(18)8-3-2-4-9(15)11(8)16(5-6-17)7-10(13)14/h2-4,10,17H,5-7,15H2,1H3. The SMILES string of the molecule is COC(=O)c1cccc(N)c1N(CCO)CC(F)F. The van der Waals surface area contributed by atoms with Gasteiger partial charge in [0.25, 0.3) is 6.43 Å². The number of ether oxygens (including phenoxy) is 1. The highest BCUT2D eigenvalue weighted by atomic mass is 19.3. The van der Waals surface area contributed by atoms with Crippen LogP contribution in [-0.4, -0.2) is 44.3 Å². The molecule has 0 amide bonds. The third kappa shape index (κ3) is 3.78. The molecule has 5 nitrogen and oxygen atoms in total. The van der Waals surface area contributed by atoms with Gasteiger partial charge >= 0.3 is 5.97 Å². The van der Waals surface area contributed by atoms with E-state index in [1.54, 1.807) is 0 Å². The fourth-order valence-corrected chi connectivity index (χ4v) is 1.77. The molecule has 3 N–H and O–H groups in total. The summed E-state index contributed by atoms with van der Waals surface area (Å²) in [7, 11) is 1.19. The molecule has 1 aromatic rings. The van der Waals surface area contributed by atoms with E-state index in [4.69, 9.17) is 10.8 Å². The quantitative estimate of drug-likeness (QED) is 0.600. The summed E-state index contributed by atoms with van der Waals surface area (Å²) in [6, 6.07) is 4.47. The molecule has 0 saturated heterocycles. The molecule has 0 aliphatic carbocycles. The van der Waals surface area contributed by atoms with E-state index in [1.165, 1.54) is 30.2 Å². The smallest absolute Gasteiger partial charge is 0.340 e. The Bertz CT molecular complexity index is 441. The number of hydrogen-bond donors (Lipinski definition) is 2. The van der Waals surface area contributed by atoms with Gasteiger partial charge in [-0.2, -0.15) is 0 Å². The van der Waals surface area contributed by atoms with Gasteiger partial charge in [0.1, 0.15) is 0 Å². The van der Waals surface area contributed by atoms with Crippen molar-refractivity contribution in [2.45, 2.75) is 6.43 Å². The van der Waals surface area contributed by atoms with E-state index in [0.717, 1.165) is 0 Å². The molecule has 0 aliphatic rings. The molecular weight excluding hydrogens is 258 g/mol. The lowest BCUT2D eigenvalue weighted by Gasteiger charge is -2.26. The Labute approximate surface area is 109 Å². The van der Waals surface area contributed by atoms with E-state index in [2.05, 4.69) is 4.74 Å². The summed E-state index contributed by atoms with van der Waals surface area (Å²) in [5, 5.41) is 8.94. The molecule has 19 heavy (non-hydrogen) atoms. The summed E-state index contributed by atoms with van der Waals surface area (Å²) < 4.78 is 29.7. The minimum atomic E-state index is -2.61. The number of carbonyl (C=O) groups is 1. The molecule has 0 bridgehead atoms. The highest BCUT2D eigenvalue weighted by molar-refractivity contribution is 5.99. The van der Waals surface area contributed by atoms with Crippen LogP contribution in [0.5, 0.6) is 0 Å². The van der Waals surface area contributed by atoms with Gasteiger partial charge in [0.2, 0.25) is 0 Å². The minimum absolute atomic E-state index is 0.0530. The van der Waals surface area contributed by atoms with Crippen LogP contribution in [-0.2, 0) is 4.74 Å². The zero-order valence-corrected chi connectivity index (χ0v) is 10.5. The molecule has 1 rings (SSSR count). The Hall–Kier alpha value is -1.89. The van der Waals surface area contributed by atoms with Crippen LogP contribution in [0.15, 0.2) is 18.2 Å². The number of rotatable bonds is 6. The molecule has 0 radical (unpaired) electrons. The Morgan fingerprint density at radius 1 is 1.53 bits per heavy atom. The van der Waals surface area contributed by atoms with E-state index in [1.807, 2.05) is 0 Å². The third-order valence-electron chi connectivity index (χ3n) is 2.52. The lowest BCUT2D eigenvalue weighted by Crippen LogP contribution is -2.33. The van der Waals surface area contributed by atoms with Gasteiger partial charge in [-0.3, -0.25) is 0 Å². The van der Waals surface area contributed by atoms with E-state index >= 15 is 0 Å². The number of carbonyl (C=O) groups excluding carboxylic acids is 1. The van der Waals surface area contributed by atoms with Crippen LogP contribution < -0.4 is 10.6 Å². The van der Waals surface area contributed by atoms with E-state index in [0.29, 0.717) is 0 Å². The molecular formula is C12H16F2N2O3. The van der Waals surface area contributed by atoms with Crippen molar-refractivity contribution in [2.75, 3.05) is 37.4 Å². The summed E-state index contributed by atoms with van der Waals surface area (Å²) in [6.07, 6.45) is -2.61. The number of hydrogen-bond acceptors (Lipinski definition) is 5. The van der Waals surface area contributed by atoms with Crippen molar-refractivity contribution in [3.8, 4) is 0 Å². The maximum absolute atomic E-state index is 12.6. The van der Waals surface area contributed by atoms with Crippen molar-refractivity contribution in [1.29, 1.82) is 0 Å². The van der Waals surface area contributed by atoms with Crippen molar-refractivity contribution >= 4 is 17.3 Å². The lowest BCUT2D eigenvalue weighted by molar-refractivity contribution is 0.0600. The number of alkyl halides is 2. The first-order chi connectivity index (χ1) is 9.01. The molecule has 0 heterocycles. The van der Waals surface area contributed by atoms with E-state index in [9.17, 15) is 13.6 Å². The van der Waals surface area contributed by atoms with Gasteiger partial charge < -0.3 is 20.5 Å². The van der Waals surface area contributed by atoms with Gasteiger partial charge in [-0.05, 0) is 12.1 Å². The summed E-state index contributed by atoms with van der Waals surface area (Å²) >= 11 is 0. The van der Waals surface area contributed by atoms with Crippen LogP contribution in [0.25, 0.3) is 0 Å². The van der Waals surface area contributed by atoms with Crippen molar-refractivity contribution in [3.63, 3.8) is 0 Å². The zero-order chi connectivity index (χ0) is 14.4. The molecule has 0 aromatic heterocycles. The highest BCUT2D eigenvalue weighted by Crippen LogP contribution is 2.29. The van der Waals surface area contributed by atoms with Gasteiger partial charge in [-0.25, -0.2) is 13.6 Å². The molecule has 0 fully saturated rings.